The average Bonchev–Trinajstić information content (AvgIpc) is 2.38. The quantitative estimate of drug-likeness (QED) is 0.316. The van der Waals surface area contributed by atoms with E-state index in [1.54, 1.807) is 21.3 Å². The van der Waals surface area contributed by atoms with Crippen molar-refractivity contribution in [2.75, 3.05) is 34.5 Å². The van der Waals surface area contributed by atoms with E-state index in [1.165, 1.54) is 25.7 Å². The van der Waals surface area contributed by atoms with Gasteiger partial charge in [0.1, 0.15) is 0 Å². The summed E-state index contributed by atoms with van der Waals surface area (Å²) in [5, 5.41) is 3.12. The Hall–Kier alpha value is 0.0169. The number of hydrogen-bond donors (Lipinski definition) is 2. The molecule has 0 spiro atoms. The van der Waals surface area contributed by atoms with Crippen molar-refractivity contribution in [3.63, 3.8) is 0 Å². The highest BCUT2D eigenvalue weighted by Gasteiger charge is 2.36. The van der Waals surface area contributed by atoms with Crippen LogP contribution < -0.4 is 11.1 Å². The Morgan fingerprint density at radius 3 is 1.94 bits per heavy atom. The summed E-state index contributed by atoms with van der Waals surface area (Å²) in [4.78, 5) is 0. The molecule has 0 rings (SSSR count). The topological polar surface area (TPSA) is 65.7 Å². The monoisotopic (exact) mass is 264 g/mol. The third kappa shape index (κ3) is 7.85. The molecule has 0 aromatic rings. The Bertz CT molecular complexity index is 161. The number of nitrogens with two attached hydrogens (primary N) is 1. The van der Waals surface area contributed by atoms with E-state index in [0.29, 0.717) is 6.67 Å². The number of unbranched alkanes of at least 4 members (excludes halogenated alkanes) is 4. The SMILES string of the molecule is CO[Si](CCCCCCCNCN)(OC)OC. The van der Waals surface area contributed by atoms with Crippen LogP contribution in [0.4, 0.5) is 0 Å². The molecule has 104 valence electrons. The summed E-state index contributed by atoms with van der Waals surface area (Å²) in [6.45, 7) is 1.59. The standard InChI is InChI=1S/C11H28N2O3Si/c1-14-17(15-2,16-3)10-8-6-4-5-7-9-13-11-12/h13H,4-12H2,1-3H3. The lowest BCUT2D eigenvalue weighted by atomic mass is 10.1. The van der Waals surface area contributed by atoms with E-state index in [0.717, 1.165) is 19.0 Å². The van der Waals surface area contributed by atoms with Crippen molar-refractivity contribution >= 4 is 8.80 Å². The van der Waals surface area contributed by atoms with E-state index in [9.17, 15) is 0 Å². The molecule has 3 N–H and O–H groups in total. The molecule has 17 heavy (non-hydrogen) atoms. The molecule has 0 aliphatic heterocycles. The van der Waals surface area contributed by atoms with Crippen LogP contribution in [0.25, 0.3) is 0 Å². The maximum absolute atomic E-state index is 5.37. The van der Waals surface area contributed by atoms with Crippen LogP contribution in [0.15, 0.2) is 0 Å². The highest BCUT2D eigenvalue weighted by atomic mass is 28.4. The zero-order valence-corrected chi connectivity index (χ0v) is 12.5. The van der Waals surface area contributed by atoms with E-state index in [-0.39, 0.29) is 0 Å². The summed E-state index contributed by atoms with van der Waals surface area (Å²) in [5.74, 6) is 0. The van der Waals surface area contributed by atoms with Gasteiger partial charge in [-0.05, 0) is 19.4 Å². The molecule has 0 aromatic carbocycles. The lowest BCUT2D eigenvalue weighted by Gasteiger charge is -2.24. The van der Waals surface area contributed by atoms with Crippen LogP contribution in [-0.2, 0) is 13.3 Å². The minimum absolute atomic E-state index is 0.573. The molecule has 0 aliphatic rings. The van der Waals surface area contributed by atoms with Crippen molar-refractivity contribution in [3.8, 4) is 0 Å². The van der Waals surface area contributed by atoms with Crippen LogP contribution in [0, 0.1) is 0 Å². The van der Waals surface area contributed by atoms with Crippen LogP contribution in [0.2, 0.25) is 6.04 Å². The van der Waals surface area contributed by atoms with Gasteiger partial charge in [0.25, 0.3) is 0 Å². The Morgan fingerprint density at radius 2 is 1.41 bits per heavy atom. The Morgan fingerprint density at radius 1 is 0.882 bits per heavy atom. The second-order valence-electron chi connectivity index (χ2n) is 4.02. The zero-order valence-electron chi connectivity index (χ0n) is 11.5. The summed E-state index contributed by atoms with van der Waals surface area (Å²) in [6.07, 6.45) is 5.99. The minimum Gasteiger partial charge on any atom is -0.377 e. The third-order valence-corrected chi connectivity index (χ3v) is 5.75. The van der Waals surface area contributed by atoms with Crippen molar-refractivity contribution < 1.29 is 13.3 Å². The molecular formula is C11H28N2O3Si. The molecule has 5 nitrogen and oxygen atoms in total. The Balaban J connectivity index is 3.43. The first-order valence-corrected chi connectivity index (χ1v) is 8.24. The zero-order chi connectivity index (χ0) is 13.0. The van der Waals surface area contributed by atoms with Gasteiger partial charge < -0.3 is 24.3 Å². The van der Waals surface area contributed by atoms with Crippen LogP contribution in [0.5, 0.6) is 0 Å². The van der Waals surface area contributed by atoms with E-state index < -0.39 is 8.80 Å². The molecule has 0 aliphatic carbocycles. The van der Waals surface area contributed by atoms with Gasteiger partial charge in [0, 0.05) is 34.0 Å². The second-order valence-corrected chi connectivity index (χ2v) is 7.11. The van der Waals surface area contributed by atoms with Crippen LogP contribution in [0.3, 0.4) is 0 Å². The van der Waals surface area contributed by atoms with Crippen LogP contribution in [0.1, 0.15) is 32.1 Å². The fourth-order valence-electron chi connectivity index (χ4n) is 1.78. The van der Waals surface area contributed by atoms with Gasteiger partial charge in [-0.25, -0.2) is 0 Å². The highest BCUT2D eigenvalue weighted by molar-refractivity contribution is 6.60. The fourth-order valence-corrected chi connectivity index (χ4v) is 3.58. The normalized spacial score (nSPS) is 12.0. The molecule has 6 heteroatoms. The van der Waals surface area contributed by atoms with Gasteiger partial charge in [0.15, 0.2) is 0 Å². The second kappa shape index (κ2) is 11.1. The van der Waals surface area contributed by atoms with Gasteiger partial charge in [-0.1, -0.05) is 19.3 Å². The lowest BCUT2D eigenvalue weighted by Crippen LogP contribution is -2.42. The number of rotatable bonds is 12. The largest absolute Gasteiger partial charge is 0.500 e. The van der Waals surface area contributed by atoms with Gasteiger partial charge in [0.05, 0.1) is 0 Å². The summed E-state index contributed by atoms with van der Waals surface area (Å²) in [5.41, 5.74) is 5.34. The predicted octanol–water partition coefficient (Wildman–Crippen LogP) is 1.32. The lowest BCUT2D eigenvalue weighted by molar-refractivity contribution is 0.122. The molecule has 0 unspecified atom stereocenters. The van der Waals surface area contributed by atoms with Crippen LogP contribution >= 0.6 is 0 Å². The average molecular weight is 264 g/mol. The van der Waals surface area contributed by atoms with Crippen molar-refractivity contribution in [1.29, 1.82) is 0 Å². The Labute approximate surface area is 106 Å². The maximum atomic E-state index is 5.37. The highest BCUT2D eigenvalue weighted by Crippen LogP contribution is 2.17. The predicted molar refractivity (Wildman–Crippen MR) is 71.7 cm³/mol. The van der Waals surface area contributed by atoms with Crippen molar-refractivity contribution in [3.05, 3.63) is 0 Å². The summed E-state index contributed by atoms with van der Waals surface area (Å²) >= 11 is 0. The maximum Gasteiger partial charge on any atom is 0.500 e. The molecule has 0 aromatic heterocycles. The van der Waals surface area contributed by atoms with E-state index in [1.807, 2.05) is 0 Å². The van der Waals surface area contributed by atoms with Gasteiger partial charge in [-0.3, -0.25) is 0 Å². The summed E-state index contributed by atoms with van der Waals surface area (Å²) < 4.78 is 16.1. The van der Waals surface area contributed by atoms with E-state index >= 15 is 0 Å². The Kier molecular flexibility index (Phi) is 11.1. The summed E-state index contributed by atoms with van der Waals surface area (Å²) in [6, 6.07) is 0.900. The first-order chi connectivity index (χ1) is 8.24. The van der Waals surface area contributed by atoms with E-state index in [2.05, 4.69) is 5.32 Å². The molecule has 0 atom stereocenters. The minimum atomic E-state index is -2.33. The molecule has 0 fully saturated rings. The molecule has 0 bridgehead atoms. The molecule has 0 saturated heterocycles. The van der Waals surface area contributed by atoms with Gasteiger partial charge in [0.2, 0.25) is 0 Å². The molecule has 0 heterocycles. The van der Waals surface area contributed by atoms with Crippen molar-refractivity contribution in [1.82, 2.24) is 5.32 Å². The van der Waals surface area contributed by atoms with Crippen LogP contribution in [-0.4, -0.2) is 43.3 Å². The molecule has 0 radical (unpaired) electrons. The number of hydrogen-bond acceptors (Lipinski definition) is 5. The van der Waals surface area contributed by atoms with Crippen molar-refractivity contribution in [2.24, 2.45) is 5.73 Å². The van der Waals surface area contributed by atoms with Crippen molar-refractivity contribution in [2.45, 2.75) is 38.1 Å². The first kappa shape index (κ1) is 17.0. The van der Waals surface area contributed by atoms with Gasteiger partial charge >= 0.3 is 8.80 Å². The van der Waals surface area contributed by atoms with Gasteiger partial charge in [-0.15, -0.1) is 0 Å². The van der Waals surface area contributed by atoms with E-state index in [4.69, 9.17) is 19.0 Å². The third-order valence-electron chi connectivity index (χ3n) is 2.91. The molecular weight excluding hydrogens is 236 g/mol. The summed E-state index contributed by atoms with van der Waals surface area (Å²) in [7, 11) is 2.67. The molecule has 0 saturated carbocycles. The van der Waals surface area contributed by atoms with Gasteiger partial charge in [-0.2, -0.15) is 0 Å². The molecule has 0 amide bonds. The first-order valence-electron chi connectivity index (χ1n) is 6.31. The fraction of sp³-hybridized carbons (Fsp3) is 1.00. The number of nitrogens with one attached hydrogen (secondary N) is 1. The smallest absolute Gasteiger partial charge is 0.377 e.